The van der Waals surface area contributed by atoms with Crippen molar-refractivity contribution in [3.8, 4) is 0 Å². The number of nitrogens with zero attached hydrogens (tertiary/aromatic N) is 2. The maximum Gasteiger partial charge on any atom is 0.329 e. The number of aryl methyl sites for hydroxylation is 2. The fourth-order valence-corrected chi connectivity index (χ4v) is 3.37. The molecule has 0 aliphatic heterocycles. The number of H-pyrrole nitrogens is 1. The average Bonchev–Trinajstić information content (AvgIpc) is 2.63. The van der Waals surface area contributed by atoms with E-state index < -0.39 is 22.8 Å². The van der Waals surface area contributed by atoms with Crippen molar-refractivity contribution in [2.45, 2.75) is 40.2 Å². The SMILES string of the molecule is Cc1cc(C)nc(C(=O)c2c(C(C)C)c(=O)[nH]c(=O)n2Cc2ccc(F)cc2)c1. The minimum Gasteiger partial charge on any atom is -0.285 e. The quantitative estimate of drug-likeness (QED) is 0.673. The van der Waals surface area contributed by atoms with Crippen LogP contribution in [0.15, 0.2) is 46.0 Å². The molecule has 0 saturated heterocycles. The fourth-order valence-electron chi connectivity index (χ4n) is 3.37. The van der Waals surface area contributed by atoms with E-state index in [0.717, 1.165) is 5.56 Å². The largest absolute Gasteiger partial charge is 0.329 e. The number of carbonyl (C=O) groups is 1. The van der Waals surface area contributed by atoms with Gasteiger partial charge in [-0.25, -0.2) is 14.2 Å². The Bertz CT molecular complexity index is 1170. The van der Waals surface area contributed by atoms with E-state index in [0.29, 0.717) is 11.3 Å². The van der Waals surface area contributed by atoms with Gasteiger partial charge in [-0.2, -0.15) is 0 Å². The zero-order valence-corrected chi connectivity index (χ0v) is 16.7. The summed E-state index contributed by atoms with van der Waals surface area (Å²) < 4.78 is 14.5. The second-order valence-electron chi connectivity index (χ2n) is 7.39. The van der Waals surface area contributed by atoms with Crippen LogP contribution in [0, 0.1) is 19.7 Å². The number of ketones is 1. The Morgan fingerprint density at radius 1 is 1.14 bits per heavy atom. The van der Waals surface area contributed by atoms with Gasteiger partial charge in [-0.15, -0.1) is 0 Å². The first-order valence-electron chi connectivity index (χ1n) is 9.29. The smallest absolute Gasteiger partial charge is 0.285 e. The Balaban J connectivity index is 2.26. The van der Waals surface area contributed by atoms with Gasteiger partial charge in [-0.1, -0.05) is 26.0 Å². The summed E-state index contributed by atoms with van der Waals surface area (Å²) in [7, 11) is 0. The maximum absolute atomic E-state index is 13.4. The van der Waals surface area contributed by atoms with Crippen LogP contribution in [0.25, 0.3) is 0 Å². The molecule has 29 heavy (non-hydrogen) atoms. The highest BCUT2D eigenvalue weighted by Gasteiger charge is 2.25. The summed E-state index contributed by atoms with van der Waals surface area (Å²) in [5, 5.41) is 0. The summed E-state index contributed by atoms with van der Waals surface area (Å²) in [5.74, 6) is -1.20. The molecule has 3 rings (SSSR count). The van der Waals surface area contributed by atoms with Crippen LogP contribution in [0.4, 0.5) is 4.39 Å². The molecule has 6 nitrogen and oxygen atoms in total. The zero-order chi connectivity index (χ0) is 21.3. The standard InChI is InChI=1S/C22H22FN3O3/c1-12(2)18-19(20(27)17-10-13(3)9-14(4)24-17)26(22(29)25-21(18)28)11-15-5-7-16(23)8-6-15/h5-10,12H,11H2,1-4H3,(H,25,28,29). The highest BCUT2D eigenvalue weighted by atomic mass is 19.1. The second kappa shape index (κ2) is 7.95. The summed E-state index contributed by atoms with van der Waals surface area (Å²) in [5.41, 5.74) is 1.25. The van der Waals surface area contributed by atoms with Gasteiger partial charge in [0.2, 0.25) is 5.78 Å². The lowest BCUT2D eigenvalue weighted by Crippen LogP contribution is -2.38. The Morgan fingerprint density at radius 3 is 2.38 bits per heavy atom. The van der Waals surface area contributed by atoms with Gasteiger partial charge in [0, 0.05) is 11.3 Å². The topological polar surface area (TPSA) is 84.8 Å². The van der Waals surface area contributed by atoms with Crippen molar-refractivity contribution in [2.24, 2.45) is 0 Å². The first-order valence-corrected chi connectivity index (χ1v) is 9.29. The summed E-state index contributed by atoms with van der Waals surface area (Å²) in [6, 6.07) is 9.10. The molecule has 3 aromatic rings. The number of hydrogen-bond acceptors (Lipinski definition) is 4. The summed E-state index contributed by atoms with van der Waals surface area (Å²) in [6.07, 6.45) is 0. The van der Waals surface area contributed by atoms with Crippen LogP contribution in [0.1, 0.15) is 58.3 Å². The predicted molar refractivity (Wildman–Crippen MR) is 108 cm³/mol. The molecule has 0 amide bonds. The number of nitrogens with one attached hydrogen (secondary N) is 1. The van der Waals surface area contributed by atoms with Gasteiger partial charge >= 0.3 is 5.69 Å². The lowest BCUT2D eigenvalue weighted by atomic mass is 9.98. The lowest BCUT2D eigenvalue weighted by molar-refractivity contribution is 0.102. The number of pyridine rings is 1. The van der Waals surface area contributed by atoms with E-state index in [9.17, 15) is 18.8 Å². The molecule has 0 spiro atoms. The molecule has 0 bridgehead atoms. The number of rotatable bonds is 5. The summed E-state index contributed by atoms with van der Waals surface area (Å²) in [4.78, 5) is 45.2. The number of aromatic amines is 1. The Labute approximate surface area is 167 Å². The van der Waals surface area contributed by atoms with Gasteiger partial charge < -0.3 is 0 Å². The molecule has 2 heterocycles. The first-order chi connectivity index (χ1) is 13.7. The van der Waals surface area contributed by atoms with Crippen LogP contribution in [0.5, 0.6) is 0 Å². The van der Waals surface area contributed by atoms with Crippen molar-refractivity contribution in [3.63, 3.8) is 0 Å². The number of carbonyl (C=O) groups excluding carboxylic acids is 1. The van der Waals surface area contributed by atoms with Gasteiger partial charge in [-0.3, -0.25) is 19.1 Å². The molecular weight excluding hydrogens is 373 g/mol. The molecule has 1 aromatic carbocycles. The van der Waals surface area contributed by atoms with Crippen molar-refractivity contribution in [3.05, 3.63) is 96.8 Å². The zero-order valence-electron chi connectivity index (χ0n) is 16.7. The van der Waals surface area contributed by atoms with Crippen molar-refractivity contribution < 1.29 is 9.18 Å². The Morgan fingerprint density at radius 2 is 1.79 bits per heavy atom. The molecule has 150 valence electrons. The highest BCUT2D eigenvalue weighted by molar-refractivity contribution is 6.07. The minimum absolute atomic E-state index is 0.00979. The van der Waals surface area contributed by atoms with Gasteiger partial charge in [0.05, 0.1) is 6.54 Å². The Hall–Kier alpha value is -3.35. The lowest BCUT2D eigenvalue weighted by Gasteiger charge is -2.17. The van der Waals surface area contributed by atoms with Crippen LogP contribution < -0.4 is 11.2 Å². The molecule has 0 fully saturated rings. The van der Waals surface area contributed by atoms with Gasteiger partial charge in [0.15, 0.2) is 0 Å². The van der Waals surface area contributed by atoms with E-state index in [1.165, 1.54) is 28.8 Å². The van der Waals surface area contributed by atoms with Crippen molar-refractivity contribution in [1.29, 1.82) is 0 Å². The number of halogens is 1. The fraction of sp³-hybridized carbons (Fsp3) is 0.273. The molecular formula is C22H22FN3O3. The third-order valence-corrected chi connectivity index (χ3v) is 4.61. The monoisotopic (exact) mass is 395 g/mol. The van der Waals surface area contributed by atoms with Crippen LogP contribution in [0.2, 0.25) is 0 Å². The third-order valence-electron chi connectivity index (χ3n) is 4.61. The van der Waals surface area contributed by atoms with E-state index in [1.807, 2.05) is 13.0 Å². The Kier molecular flexibility index (Phi) is 5.59. The second-order valence-corrected chi connectivity index (χ2v) is 7.39. The van der Waals surface area contributed by atoms with Crippen molar-refractivity contribution in [1.82, 2.24) is 14.5 Å². The van der Waals surface area contributed by atoms with E-state index in [2.05, 4.69) is 9.97 Å². The van der Waals surface area contributed by atoms with Crippen molar-refractivity contribution >= 4 is 5.78 Å². The highest BCUT2D eigenvalue weighted by Crippen LogP contribution is 2.19. The normalized spacial score (nSPS) is 11.1. The van der Waals surface area contributed by atoms with E-state index in [1.54, 1.807) is 26.8 Å². The van der Waals surface area contributed by atoms with Crippen LogP contribution in [-0.4, -0.2) is 20.3 Å². The predicted octanol–water partition coefficient (Wildman–Crippen LogP) is 3.09. The van der Waals surface area contributed by atoms with Gasteiger partial charge in [-0.05, 0) is 55.2 Å². The van der Waals surface area contributed by atoms with Crippen LogP contribution in [-0.2, 0) is 6.54 Å². The number of benzene rings is 1. The maximum atomic E-state index is 13.4. The van der Waals surface area contributed by atoms with Crippen molar-refractivity contribution in [2.75, 3.05) is 0 Å². The third kappa shape index (κ3) is 4.23. The number of aromatic nitrogens is 3. The molecule has 0 unspecified atom stereocenters. The first kappa shape index (κ1) is 20.4. The molecule has 7 heteroatoms. The van der Waals surface area contributed by atoms with E-state index in [4.69, 9.17) is 0 Å². The van der Waals surface area contributed by atoms with E-state index >= 15 is 0 Å². The van der Waals surface area contributed by atoms with Gasteiger partial charge in [0.25, 0.3) is 5.56 Å². The molecule has 2 aromatic heterocycles. The molecule has 0 radical (unpaired) electrons. The number of hydrogen-bond donors (Lipinski definition) is 1. The summed E-state index contributed by atoms with van der Waals surface area (Å²) in [6.45, 7) is 7.20. The molecule has 0 atom stereocenters. The molecule has 0 aliphatic rings. The molecule has 1 N–H and O–H groups in total. The average molecular weight is 395 g/mol. The summed E-state index contributed by atoms with van der Waals surface area (Å²) >= 11 is 0. The minimum atomic E-state index is -0.698. The van der Waals surface area contributed by atoms with Crippen LogP contribution in [0.3, 0.4) is 0 Å². The molecule has 0 aliphatic carbocycles. The molecule has 0 saturated carbocycles. The van der Waals surface area contributed by atoms with Crippen LogP contribution >= 0.6 is 0 Å². The van der Waals surface area contributed by atoms with Gasteiger partial charge in [0.1, 0.15) is 17.2 Å². The van der Waals surface area contributed by atoms with E-state index in [-0.39, 0.29) is 29.4 Å².